The van der Waals surface area contributed by atoms with Gasteiger partial charge in [-0.15, -0.1) is 0 Å². The van der Waals surface area contributed by atoms with Crippen molar-refractivity contribution in [2.75, 3.05) is 19.7 Å². The van der Waals surface area contributed by atoms with Crippen LogP contribution in [-0.4, -0.2) is 56.2 Å². The van der Waals surface area contributed by atoms with Gasteiger partial charge in [-0.3, -0.25) is 4.18 Å². The van der Waals surface area contributed by atoms with Crippen LogP contribution in [0.1, 0.15) is 6.42 Å². The normalized spacial score (nSPS) is 15.8. The van der Waals surface area contributed by atoms with Crippen molar-refractivity contribution in [3.05, 3.63) is 0 Å². The minimum atomic E-state index is -2.61. The lowest BCUT2D eigenvalue weighted by atomic mass is 10.3. The number of hydrogen-bond acceptors (Lipinski definition) is 7. The summed E-state index contributed by atoms with van der Waals surface area (Å²) in [6.45, 7) is 0.0498. The van der Waals surface area contributed by atoms with Crippen molar-refractivity contribution in [3.63, 3.8) is 0 Å². The van der Waals surface area contributed by atoms with Gasteiger partial charge in [-0.05, 0) is 13.0 Å². The number of hydrogen-bond donors (Lipinski definition) is 4. The molecule has 0 rings (SSSR count). The molecule has 8 heteroatoms. The van der Waals surface area contributed by atoms with Crippen molar-refractivity contribution < 1.29 is 28.3 Å². The fraction of sp³-hybridized carbons (Fsp3) is 1.00. The van der Waals surface area contributed by atoms with Crippen molar-refractivity contribution in [2.45, 2.75) is 18.8 Å². The molecule has 0 aliphatic carbocycles. The molecule has 0 saturated heterocycles. The first-order valence-corrected chi connectivity index (χ1v) is 5.00. The lowest BCUT2D eigenvalue weighted by Gasteiger charge is -2.12. The average Bonchev–Trinajstić information content (AvgIpc) is 2.08. The standard InChI is InChI=1S/C6H15NO6S/c8-5(4-13-14(11)12)1-2-7-3-6(9)10/h5-10H,1-4H2,(H,11,12)/p-1. The maximum Gasteiger partial charge on any atom is 0.164 e. The molecule has 0 aliphatic heterocycles. The average molecular weight is 228 g/mol. The molecule has 0 spiro atoms. The van der Waals surface area contributed by atoms with Crippen LogP contribution in [0.25, 0.3) is 0 Å². The summed E-state index contributed by atoms with van der Waals surface area (Å²) in [5, 5.41) is 28.6. The highest BCUT2D eigenvalue weighted by Crippen LogP contribution is 1.92. The van der Waals surface area contributed by atoms with E-state index in [-0.39, 0.29) is 19.6 Å². The molecular weight excluding hydrogens is 214 g/mol. The quantitative estimate of drug-likeness (QED) is 0.205. The highest BCUT2D eigenvalue weighted by atomic mass is 32.2. The van der Waals surface area contributed by atoms with Crippen LogP contribution in [0, 0.1) is 0 Å². The van der Waals surface area contributed by atoms with Gasteiger partial charge < -0.3 is 25.2 Å². The van der Waals surface area contributed by atoms with Gasteiger partial charge in [0.25, 0.3) is 0 Å². The molecule has 86 valence electrons. The third-order valence-corrected chi connectivity index (χ3v) is 1.67. The summed E-state index contributed by atoms with van der Waals surface area (Å²) in [5.74, 6) is 0. The summed E-state index contributed by atoms with van der Waals surface area (Å²) in [7, 11) is 0. The van der Waals surface area contributed by atoms with E-state index in [1.165, 1.54) is 0 Å². The Labute approximate surface area is 84.2 Å². The van der Waals surface area contributed by atoms with Crippen molar-refractivity contribution in [1.29, 1.82) is 0 Å². The van der Waals surface area contributed by atoms with E-state index in [1.807, 2.05) is 0 Å². The maximum absolute atomic E-state index is 9.91. The van der Waals surface area contributed by atoms with Crippen LogP contribution in [0.3, 0.4) is 0 Å². The second kappa shape index (κ2) is 8.24. The molecule has 0 aliphatic rings. The lowest BCUT2D eigenvalue weighted by Crippen LogP contribution is -2.30. The van der Waals surface area contributed by atoms with Crippen molar-refractivity contribution in [2.24, 2.45) is 0 Å². The minimum Gasteiger partial charge on any atom is -0.750 e. The van der Waals surface area contributed by atoms with Crippen LogP contribution in [0.5, 0.6) is 0 Å². The molecule has 7 nitrogen and oxygen atoms in total. The SMILES string of the molecule is O=S([O-])OCC(O)CCNCC(O)O. The molecule has 0 saturated carbocycles. The maximum atomic E-state index is 9.91. The first-order chi connectivity index (χ1) is 6.52. The third-order valence-electron chi connectivity index (χ3n) is 1.34. The van der Waals surface area contributed by atoms with Crippen LogP contribution >= 0.6 is 0 Å². The van der Waals surface area contributed by atoms with Gasteiger partial charge in [0.1, 0.15) is 0 Å². The first-order valence-electron chi connectivity index (χ1n) is 4.00. The van der Waals surface area contributed by atoms with Crippen LogP contribution in [0.2, 0.25) is 0 Å². The summed E-state index contributed by atoms with van der Waals surface area (Å²) in [6, 6.07) is 0. The zero-order valence-corrected chi connectivity index (χ0v) is 8.27. The molecular formula is C6H14NO6S-. The smallest absolute Gasteiger partial charge is 0.164 e. The van der Waals surface area contributed by atoms with E-state index >= 15 is 0 Å². The Hall–Kier alpha value is -0.0900. The van der Waals surface area contributed by atoms with E-state index in [0.29, 0.717) is 6.54 Å². The fourth-order valence-electron chi connectivity index (χ4n) is 0.717. The summed E-state index contributed by atoms with van der Waals surface area (Å²) >= 11 is -2.61. The largest absolute Gasteiger partial charge is 0.750 e. The Morgan fingerprint density at radius 2 is 2.07 bits per heavy atom. The molecule has 4 N–H and O–H groups in total. The molecule has 2 atom stereocenters. The lowest BCUT2D eigenvalue weighted by molar-refractivity contribution is -0.0375. The van der Waals surface area contributed by atoms with E-state index in [1.54, 1.807) is 0 Å². The summed E-state index contributed by atoms with van der Waals surface area (Å²) in [4.78, 5) is 0. The van der Waals surface area contributed by atoms with Crippen molar-refractivity contribution in [3.8, 4) is 0 Å². The van der Waals surface area contributed by atoms with E-state index in [2.05, 4.69) is 9.50 Å². The summed E-state index contributed by atoms with van der Waals surface area (Å²) in [6.07, 6.45) is -2.06. The van der Waals surface area contributed by atoms with E-state index in [9.17, 15) is 8.76 Å². The van der Waals surface area contributed by atoms with Gasteiger partial charge in [0.15, 0.2) is 6.29 Å². The molecule has 0 amide bonds. The monoisotopic (exact) mass is 228 g/mol. The molecule has 0 aromatic carbocycles. The number of rotatable bonds is 8. The van der Waals surface area contributed by atoms with Gasteiger partial charge in [0.2, 0.25) is 0 Å². The second-order valence-corrected chi connectivity index (χ2v) is 3.26. The molecule has 0 bridgehead atoms. The highest BCUT2D eigenvalue weighted by molar-refractivity contribution is 7.74. The molecule has 0 fully saturated rings. The van der Waals surface area contributed by atoms with Gasteiger partial charge in [0, 0.05) is 6.54 Å². The second-order valence-electron chi connectivity index (χ2n) is 2.62. The molecule has 0 aromatic heterocycles. The predicted octanol–water partition coefficient (Wildman–Crippen LogP) is -2.55. The van der Waals surface area contributed by atoms with Crippen molar-refractivity contribution in [1.82, 2.24) is 5.32 Å². The van der Waals surface area contributed by atoms with Crippen LogP contribution in [0.4, 0.5) is 0 Å². The van der Waals surface area contributed by atoms with Gasteiger partial charge in [0.05, 0.1) is 24.1 Å². The molecule has 0 aromatic rings. The Bertz CT molecular complexity index is 166. The van der Waals surface area contributed by atoms with Crippen LogP contribution in [-0.2, 0) is 15.5 Å². The van der Waals surface area contributed by atoms with Gasteiger partial charge >= 0.3 is 0 Å². The van der Waals surface area contributed by atoms with Gasteiger partial charge in [-0.25, -0.2) is 4.21 Å². The predicted molar refractivity (Wildman–Crippen MR) is 46.6 cm³/mol. The first kappa shape index (κ1) is 13.9. The van der Waals surface area contributed by atoms with Crippen LogP contribution in [0.15, 0.2) is 0 Å². The van der Waals surface area contributed by atoms with Crippen LogP contribution < -0.4 is 5.32 Å². The molecule has 0 heterocycles. The van der Waals surface area contributed by atoms with Gasteiger partial charge in [-0.1, -0.05) is 0 Å². The van der Waals surface area contributed by atoms with E-state index < -0.39 is 23.8 Å². The zero-order valence-electron chi connectivity index (χ0n) is 7.46. The minimum absolute atomic E-state index is 0.00105. The number of nitrogens with one attached hydrogen (secondary N) is 1. The van der Waals surface area contributed by atoms with Crippen molar-refractivity contribution >= 4 is 11.4 Å². The Morgan fingerprint density at radius 3 is 2.57 bits per heavy atom. The topological polar surface area (TPSA) is 122 Å². The Morgan fingerprint density at radius 1 is 1.43 bits per heavy atom. The summed E-state index contributed by atoms with van der Waals surface area (Å²) in [5.41, 5.74) is 0. The third kappa shape index (κ3) is 9.99. The molecule has 14 heavy (non-hydrogen) atoms. The summed E-state index contributed by atoms with van der Waals surface area (Å²) < 4.78 is 23.9. The fourth-order valence-corrected chi connectivity index (χ4v) is 0.985. The van der Waals surface area contributed by atoms with Gasteiger partial charge in [-0.2, -0.15) is 0 Å². The molecule has 2 unspecified atom stereocenters. The number of aliphatic hydroxyl groups excluding tert-OH is 2. The Balaban J connectivity index is 3.26. The van der Waals surface area contributed by atoms with E-state index in [0.717, 1.165) is 0 Å². The zero-order chi connectivity index (χ0) is 11.0. The van der Waals surface area contributed by atoms with E-state index in [4.69, 9.17) is 15.3 Å². The molecule has 0 radical (unpaired) electrons. The number of aliphatic hydroxyl groups is 3. The highest BCUT2D eigenvalue weighted by Gasteiger charge is 2.04. The Kier molecular flexibility index (Phi) is 8.18.